The average Bonchev–Trinajstić information content (AvgIpc) is 3.12. The van der Waals surface area contributed by atoms with Gasteiger partial charge in [0.05, 0.1) is 29.1 Å². The first-order chi connectivity index (χ1) is 12.1. The van der Waals surface area contributed by atoms with Gasteiger partial charge in [0.15, 0.2) is 0 Å². The Bertz CT molecular complexity index is 932. The lowest BCUT2D eigenvalue weighted by atomic mass is 10.1. The van der Waals surface area contributed by atoms with E-state index >= 15 is 0 Å². The Morgan fingerprint density at radius 3 is 2.72 bits per heavy atom. The molecular weight excluding hydrogens is 360 g/mol. The lowest BCUT2D eigenvalue weighted by Gasteiger charge is -2.08. The molecule has 0 amide bonds. The van der Waals surface area contributed by atoms with E-state index in [-0.39, 0.29) is 11.3 Å². The maximum absolute atomic E-state index is 11.5. The zero-order valence-electron chi connectivity index (χ0n) is 13.0. The Kier molecular flexibility index (Phi) is 5.03. The number of thioether (sulfide) groups is 1. The zero-order chi connectivity index (χ0) is 17.8. The number of aromatic nitrogens is 2. The molecule has 3 rings (SSSR count). The lowest BCUT2D eigenvalue weighted by molar-refractivity contribution is 0.0600. The Balaban J connectivity index is 1.85. The number of methoxy groups -OCH3 is 1. The highest BCUT2D eigenvalue weighted by molar-refractivity contribution is 8.06. The monoisotopic (exact) mass is 370 g/mol. The SMILES string of the molecule is COC(=O)c1ccc(C2=CS/C(=C(/C#N)c3ccnc(Cl)n3)N2)cc1. The molecule has 6 nitrogen and oxygen atoms in total. The molecule has 2 heterocycles. The van der Waals surface area contributed by atoms with Crippen molar-refractivity contribution in [3.8, 4) is 6.07 Å². The Hall–Kier alpha value is -2.82. The minimum Gasteiger partial charge on any atom is -0.465 e. The third-order valence-corrected chi connectivity index (χ3v) is 4.46. The molecule has 1 N–H and O–H groups in total. The van der Waals surface area contributed by atoms with Gasteiger partial charge in [0.25, 0.3) is 0 Å². The van der Waals surface area contributed by atoms with Crippen molar-refractivity contribution in [1.82, 2.24) is 15.3 Å². The number of hydrogen-bond donors (Lipinski definition) is 1. The van der Waals surface area contributed by atoms with Crippen LogP contribution in [0, 0.1) is 11.3 Å². The van der Waals surface area contributed by atoms with Crippen LogP contribution in [0.4, 0.5) is 0 Å². The third-order valence-electron chi connectivity index (χ3n) is 3.38. The molecule has 0 aliphatic carbocycles. The van der Waals surface area contributed by atoms with Gasteiger partial charge in [0.2, 0.25) is 5.28 Å². The zero-order valence-corrected chi connectivity index (χ0v) is 14.6. The molecule has 1 aromatic carbocycles. The molecule has 25 heavy (non-hydrogen) atoms. The topological polar surface area (TPSA) is 87.9 Å². The van der Waals surface area contributed by atoms with Crippen molar-refractivity contribution >= 4 is 40.6 Å². The van der Waals surface area contributed by atoms with Crippen LogP contribution in [0.25, 0.3) is 11.3 Å². The number of carbonyl (C=O) groups is 1. The second kappa shape index (κ2) is 7.38. The van der Waals surface area contributed by atoms with Crippen LogP contribution < -0.4 is 5.32 Å². The molecule has 1 aromatic heterocycles. The molecular formula is C17H11ClN4O2S. The summed E-state index contributed by atoms with van der Waals surface area (Å²) < 4.78 is 4.68. The summed E-state index contributed by atoms with van der Waals surface area (Å²) in [6.07, 6.45) is 1.50. The minimum atomic E-state index is -0.387. The second-order valence-corrected chi connectivity index (χ2v) is 6.09. The highest BCUT2D eigenvalue weighted by Crippen LogP contribution is 2.34. The van der Waals surface area contributed by atoms with Crippen molar-refractivity contribution in [3.63, 3.8) is 0 Å². The molecule has 124 valence electrons. The molecule has 0 saturated heterocycles. The first-order valence-electron chi connectivity index (χ1n) is 7.08. The van der Waals surface area contributed by atoms with Gasteiger partial charge < -0.3 is 10.1 Å². The highest BCUT2D eigenvalue weighted by Gasteiger charge is 2.19. The van der Waals surface area contributed by atoms with Gasteiger partial charge in [-0.25, -0.2) is 14.8 Å². The third kappa shape index (κ3) is 3.65. The summed E-state index contributed by atoms with van der Waals surface area (Å²) in [5, 5.41) is 15.3. The van der Waals surface area contributed by atoms with E-state index in [0.717, 1.165) is 11.3 Å². The van der Waals surface area contributed by atoms with E-state index in [1.54, 1.807) is 18.2 Å². The van der Waals surface area contributed by atoms with Gasteiger partial charge in [-0.1, -0.05) is 23.9 Å². The van der Waals surface area contributed by atoms with Gasteiger partial charge in [0, 0.05) is 11.6 Å². The Morgan fingerprint density at radius 1 is 1.32 bits per heavy atom. The maximum Gasteiger partial charge on any atom is 0.337 e. The molecule has 0 saturated carbocycles. The summed E-state index contributed by atoms with van der Waals surface area (Å²) in [4.78, 5) is 19.4. The average molecular weight is 371 g/mol. The maximum atomic E-state index is 11.5. The van der Waals surface area contributed by atoms with E-state index in [1.807, 2.05) is 17.5 Å². The molecule has 0 fully saturated rings. The molecule has 0 unspecified atom stereocenters. The Labute approximate surface area is 153 Å². The fraction of sp³-hybridized carbons (Fsp3) is 0.0588. The van der Waals surface area contributed by atoms with Gasteiger partial charge in [-0.15, -0.1) is 0 Å². The van der Waals surface area contributed by atoms with E-state index in [2.05, 4.69) is 26.1 Å². The van der Waals surface area contributed by atoms with E-state index in [0.29, 0.717) is 21.9 Å². The quantitative estimate of drug-likeness (QED) is 0.503. The summed E-state index contributed by atoms with van der Waals surface area (Å²) in [6, 6.07) is 10.8. The standard InChI is InChI=1S/C17H11ClN4O2S/c1-24-16(23)11-4-2-10(3-5-11)14-9-25-15(21-14)12(8-19)13-6-7-20-17(18)22-13/h2-7,9,21H,1H3/b15-12-. The first-order valence-corrected chi connectivity index (χ1v) is 8.34. The predicted octanol–water partition coefficient (Wildman–Crippen LogP) is 3.44. The number of nitriles is 1. The van der Waals surface area contributed by atoms with Crippen LogP contribution in [0.3, 0.4) is 0 Å². The normalized spacial score (nSPS) is 15.0. The smallest absolute Gasteiger partial charge is 0.337 e. The highest BCUT2D eigenvalue weighted by atomic mass is 35.5. The number of allylic oxidation sites excluding steroid dienone is 1. The number of ether oxygens (including phenoxy) is 1. The van der Waals surface area contributed by atoms with E-state index in [4.69, 9.17) is 11.6 Å². The van der Waals surface area contributed by atoms with Crippen LogP contribution in [0.1, 0.15) is 21.6 Å². The van der Waals surface area contributed by atoms with E-state index < -0.39 is 0 Å². The minimum absolute atomic E-state index is 0.0837. The van der Waals surface area contributed by atoms with Crippen molar-refractivity contribution in [2.75, 3.05) is 7.11 Å². The molecule has 1 aliphatic heterocycles. The van der Waals surface area contributed by atoms with Crippen LogP contribution in [0.2, 0.25) is 5.28 Å². The number of nitrogens with one attached hydrogen (secondary N) is 1. The van der Waals surface area contributed by atoms with Crippen LogP contribution in [0.5, 0.6) is 0 Å². The first kappa shape index (κ1) is 17.0. The van der Waals surface area contributed by atoms with Gasteiger partial charge in [-0.3, -0.25) is 0 Å². The number of hydrogen-bond acceptors (Lipinski definition) is 7. The number of benzene rings is 1. The van der Waals surface area contributed by atoms with E-state index in [9.17, 15) is 10.1 Å². The van der Waals surface area contributed by atoms with Crippen molar-refractivity contribution in [2.24, 2.45) is 0 Å². The summed E-state index contributed by atoms with van der Waals surface area (Å²) in [7, 11) is 1.34. The van der Waals surface area contributed by atoms with Gasteiger partial charge >= 0.3 is 5.97 Å². The van der Waals surface area contributed by atoms with Crippen molar-refractivity contribution < 1.29 is 9.53 Å². The van der Waals surface area contributed by atoms with Crippen molar-refractivity contribution in [1.29, 1.82) is 5.26 Å². The summed E-state index contributed by atoms with van der Waals surface area (Å²) in [6.45, 7) is 0. The predicted molar refractivity (Wildman–Crippen MR) is 96.1 cm³/mol. The fourth-order valence-electron chi connectivity index (χ4n) is 2.16. The van der Waals surface area contributed by atoms with Crippen molar-refractivity contribution in [2.45, 2.75) is 0 Å². The summed E-state index contributed by atoms with van der Waals surface area (Å²) >= 11 is 7.18. The molecule has 8 heteroatoms. The van der Waals surface area contributed by atoms with Gasteiger partial charge in [-0.2, -0.15) is 5.26 Å². The molecule has 0 spiro atoms. The van der Waals surface area contributed by atoms with Crippen LogP contribution >= 0.6 is 23.4 Å². The van der Waals surface area contributed by atoms with Gasteiger partial charge in [0.1, 0.15) is 11.6 Å². The van der Waals surface area contributed by atoms with Gasteiger partial charge in [-0.05, 0) is 35.4 Å². The number of nitrogens with zero attached hydrogens (tertiary/aromatic N) is 3. The fourth-order valence-corrected chi connectivity index (χ4v) is 3.18. The van der Waals surface area contributed by atoms with Crippen LogP contribution in [0.15, 0.2) is 47.0 Å². The van der Waals surface area contributed by atoms with Crippen molar-refractivity contribution in [3.05, 3.63) is 69.1 Å². The largest absolute Gasteiger partial charge is 0.465 e. The van der Waals surface area contributed by atoms with Crippen LogP contribution in [-0.2, 0) is 4.74 Å². The van der Waals surface area contributed by atoms with E-state index in [1.165, 1.54) is 25.1 Å². The lowest BCUT2D eigenvalue weighted by Crippen LogP contribution is -2.07. The number of rotatable bonds is 3. The summed E-state index contributed by atoms with van der Waals surface area (Å²) in [5.41, 5.74) is 3.01. The number of carbonyl (C=O) groups excluding carboxylic acids is 1. The molecule has 0 atom stereocenters. The molecule has 1 aliphatic rings. The second-order valence-electron chi connectivity index (χ2n) is 4.87. The summed E-state index contributed by atoms with van der Waals surface area (Å²) in [5.74, 6) is -0.387. The molecule has 2 aromatic rings. The number of halogens is 1. The Morgan fingerprint density at radius 2 is 2.08 bits per heavy atom. The molecule has 0 bridgehead atoms. The van der Waals surface area contributed by atoms with Crippen LogP contribution in [-0.4, -0.2) is 23.0 Å². The molecule has 0 radical (unpaired) electrons. The number of esters is 1.